The maximum Gasteiger partial charge on any atom is 0.188 e. The van der Waals surface area contributed by atoms with Crippen molar-refractivity contribution in [1.82, 2.24) is 0 Å². The Morgan fingerprint density at radius 2 is 2.24 bits per heavy atom. The Bertz CT molecular complexity index is 426. The monoisotopic (exact) mass is 302 g/mol. The van der Waals surface area contributed by atoms with Crippen LogP contribution in [0.25, 0.3) is 0 Å². The number of nitrogens with two attached hydrogens (primary N) is 2. The van der Waals surface area contributed by atoms with E-state index in [1.54, 1.807) is 6.07 Å². The minimum atomic E-state index is -0.154. The molecule has 0 aromatic heterocycles. The first kappa shape index (κ1) is 12.3. The summed E-state index contributed by atoms with van der Waals surface area (Å²) in [5.74, 6) is 1.01. The molecule has 1 aliphatic heterocycles. The summed E-state index contributed by atoms with van der Waals surface area (Å²) in [4.78, 5) is 0. The molecule has 1 aliphatic rings. The predicted molar refractivity (Wildman–Crippen MR) is 69.4 cm³/mol. The molecule has 0 saturated carbocycles. The van der Waals surface area contributed by atoms with Gasteiger partial charge in [-0.1, -0.05) is 0 Å². The first-order valence-electron chi connectivity index (χ1n) is 5.38. The van der Waals surface area contributed by atoms with Gasteiger partial charge in [-0.15, -0.1) is 0 Å². The largest absolute Gasteiger partial charge is 0.484 e. The number of halogens is 1. The van der Waals surface area contributed by atoms with Gasteiger partial charge in [0.2, 0.25) is 0 Å². The third-order valence-corrected chi connectivity index (χ3v) is 3.11. The lowest BCUT2D eigenvalue weighted by atomic mass is 10.2. The number of nitrogen functional groups attached to an aromatic ring is 2. The van der Waals surface area contributed by atoms with Gasteiger partial charge in [0.05, 0.1) is 18.0 Å². The summed E-state index contributed by atoms with van der Waals surface area (Å²) in [6.45, 7) is 3.46. The van der Waals surface area contributed by atoms with Crippen molar-refractivity contribution < 1.29 is 14.2 Å². The summed E-state index contributed by atoms with van der Waals surface area (Å²) in [5.41, 5.74) is 12.8. The summed E-state index contributed by atoms with van der Waals surface area (Å²) < 4.78 is 17.3. The fourth-order valence-electron chi connectivity index (χ4n) is 1.62. The summed E-state index contributed by atoms with van der Waals surface area (Å²) >= 11 is 3.33. The van der Waals surface area contributed by atoms with E-state index in [0.717, 1.165) is 0 Å². The SMILES string of the molecule is CCOCC1COc2c(N)cc(Br)c(N)c2O1. The van der Waals surface area contributed by atoms with E-state index in [1.807, 2.05) is 6.92 Å². The van der Waals surface area contributed by atoms with Crippen molar-refractivity contribution in [2.45, 2.75) is 13.0 Å². The Labute approximate surface area is 108 Å². The first-order valence-corrected chi connectivity index (χ1v) is 6.17. The zero-order valence-corrected chi connectivity index (χ0v) is 11.1. The third-order valence-electron chi connectivity index (χ3n) is 2.46. The molecule has 17 heavy (non-hydrogen) atoms. The Morgan fingerprint density at radius 3 is 2.94 bits per heavy atom. The Kier molecular flexibility index (Phi) is 3.63. The molecule has 0 amide bonds. The molecule has 0 spiro atoms. The van der Waals surface area contributed by atoms with Crippen molar-refractivity contribution in [3.63, 3.8) is 0 Å². The molecule has 0 saturated heterocycles. The van der Waals surface area contributed by atoms with Gasteiger partial charge in [-0.2, -0.15) is 0 Å². The topological polar surface area (TPSA) is 79.7 Å². The molecular weight excluding hydrogens is 288 g/mol. The molecule has 6 heteroatoms. The molecule has 0 radical (unpaired) electrons. The van der Waals surface area contributed by atoms with E-state index in [0.29, 0.717) is 47.2 Å². The van der Waals surface area contributed by atoms with Crippen LogP contribution in [0.1, 0.15) is 6.92 Å². The van der Waals surface area contributed by atoms with Gasteiger partial charge in [0, 0.05) is 11.1 Å². The van der Waals surface area contributed by atoms with Crippen LogP contribution in [-0.2, 0) is 4.74 Å². The Balaban J connectivity index is 2.24. The van der Waals surface area contributed by atoms with Crippen LogP contribution in [0.2, 0.25) is 0 Å². The summed E-state index contributed by atoms with van der Waals surface area (Å²) in [6.07, 6.45) is -0.154. The number of hydrogen-bond donors (Lipinski definition) is 2. The van der Waals surface area contributed by atoms with Crippen LogP contribution in [0, 0.1) is 0 Å². The maximum atomic E-state index is 5.91. The van der Waals surface area contributed by atoms with Gasteiger partial charge < -0.3 is 25.7 Å². The zero-order chi connectivity index (χ0) is 12.4. The van der Waals surface area contributed by atoms with E-state index >= 15 is 0 Å². The van der Waals surface area contributed by atoms with Crippen LogP contribution >= 0.6 is 15.9 Å². The lowest BCUT2D eigenvalue weighted by molar-refractivity contribution is 0.0136. The number of fused-ring (bicyclic) bond motifs is 1. The van der Waals surface area contributed by atoms with Crippen LogP contribution in [0.3, 0.4) is 0 Å². The van der Waals surface area contributed by atoms with E-state index in [4.69, 9.17) is 25.7 Å². The van der Waals surface area contributed by atoms with Crippen molar-refractivity contribution >= 4 is 27.3 Å². The second-order valence-corrected chi connectivity index (χ2v) is 4.58. The molecule has 5 nitrogen and oxygen atoms in total. The zero-order valence-electron chi connectivity index (χ0n) is 9.53. The summed E-state index contributed by atoms with van der Waals surface area (Å²) in [7, 11) is 0. The lowest BCUT2D eigenvalue weighted by Crippen LogP contribution is -2.34. The molecule has 0 fully saturated rings. The van der Waals surface area contributed by atoms with Gasteiger partial charge in [-0.25, -0.2) is 0 Å². The van der Waals surface area contributed by atoms with Crippen LogP contribution in [0.5, 0.6) is 11.5 Å². The molecule has 1 aromatic carbocycles. The maximum absolute atomic E-state index is 5.91. The number of anilines is 2. The van der Waals surface area contributed by atoms with Crippen molar-refractivity contribution in [3.05, 3.63) is 10.5 Å². The lowest BCUT2D eigenvalue weighted by Gasteiger charge is -2.28. The highest BCUT2D eigenvalue weighted by Crippen LogP contribution is 2.45. The summed E-state index contributed by atoms with van der Waals surface area (Å²) in [6, 6.07) is 1.71. The number of ether oxygens (including phenoxy) is 3. The molecule has 1 unspecified atom stereocenters. The number of rotatable bonds is 3. The quantitative estimate of drug-likeness (QED) is 0.832. The normalized spacial score (nSPS) is 18.1. The molecule has 0 bridgehead atoms. The molecule has 1 heterocycles. The average molecular weight is 303 g/mol. The first-order chi connectivity index (χ1) is 8.13. The van der Waals surface area contributed by atoms with Crippen molar-refractivity contribution in [1.29, 1.82) is 0 Å². The molecule has 94 valence electrons. The predicted octanol–water partition coefficient (Wildman–Crippen LogP) is 1.79. The minimum absolute atomic E-state index is 0.154. The molecular formula is C11H15BrN2O3. The van der Waals surface area contributed by atoms with Crippen LogP contribution in [-0.4, -0.2) is 25.9 Å². The highest BCUT2D eigenvalue weighted by Gasteiger charge is 2.26. The molecule has 4 N–H and O–H groups in total. The van der Waals surface area contributed by atoms with E-state index in [-0.39, 0.29) is 6.10 Å². The van der Waals surface area contributed by atoms with Gasteiger partial charge in [0.15, 0.2) is 17.6 Å². The second kappa shape index (κ2) is 5.01. The van der Waals surface area contributed by atoms with Gasteiger partial charge >= 0.3 is 0 Å². The molecule has 0 aliphatic carbocycles. The second-order valence-electron chi connectivity index (χ2n) is 3.73. The van der Waals surface area contributed by atoms with Crippen molar-refractivity contribution in [2.75, 3.05) is 31.3 Å². The van der Waals surface area contributed by atoms with Crippen LogP contribution < -0.4 is 20.9 Å². The van der Waals surface area contributed by atoms with Crippen molar-refractivity contribution in [3.8, 4) is 11.5 Å². The Morgan fingerprint density at radius 1 is 1.47 bits per heavy atom. The van der Waals surface area contributed by atoms with Gasteiger partial charge in [0.25, 0.3) is 0 Å². The standard InChI is InChI=1S/C11H15BrN2O3/c1-2-15-4-6-5-16-10-8(13)3-7(12)9(14)11(10)17-6/h3,6H,2,4-5,13-14H2,1H3. The highest BCUT2D eigenvalue weighted by atomic mass is 79.9. The van der Waals surface area contributed by atoms with Crippen molar-refractivity contribution in [2.24, 2.45) is 0 Å². The van der Waals surface area contributed by atoms with Crippen LogP contribution in [0.4, 0.5) is 11.4 Å². The number of benzene rings is 1. The minimum Gasteiger partial charge on any atom is -0.484 e. The van der Waals surface area contributed by atoms with Gasteiger partial charge in [-0.05, 0) is 28.9 Å². The summed E-state index contributed by atoms with van der Waals surface area (Å²) in [5, 5.41) is 0. The van der Waals surface area contributed by atoms with Crippen LogP contribution in [0.15, 0.2) is 10.5 Å². The Hall–Kier alpha value is -1.14. The van der Waals surface area contributed by atoms with E-state index in [1.165, 1.54) is 0 Å². The fourth-order valence-corrected chi connectivity index (χ4v) is 2.04. The average Bonchev–Trinajstić information content (AvgIpc) is 2.33. The van der Waals surface area contributed by atoms with E-state index in [9.17, 15) is 0 Å². The fraction of sp³-hybridized carbons (Fsp3) is 0.455. The molecule has 1 aromatic rings. The molecule has 2 rings (SSSR count). The van der Waals surface area contributed by atoms with Gasteiger partial charge in [-0.3, -0.25) is 0 Å². The molecule has 1 atom stereocenters. The smallest absolute Gasteiger partial charge is 0.188 e. The van der Waals surface area contributed by atoms with E-state index < -0.39 is 0 Å². The van der Waals surface area contributed by atoms with E-state index in [2.05, 4.69) is 15.9 Å². The number of hydrogen-bond acceptors (Lipinski definition) is 5. The van der Waals surface area contributed by atoms with Gasteiger partial charge in [0.1, 0.15) is 6.61 Å². The third kappa shape index (κ3) is 2.42. The highest BCUT2D eigenvalue weighted by molar-refractivity contribution is 9.10.